The molecule has 0 unspecified atom stereocenters. The van der Waals surface area contributed by atoms with Crippen molar-refractivity contribution in [2.45, 2.75) is 39.3 Å². The maximum absolute atomic E-state index is 12.4. The number of likely N-dealkylation sites (tertiary alicyclic amines) is 1. The number of imidazole rings is 1. The average molecular weight is 312 g/mol. The number of benzene rings is 1. The van der Waals surface area contributed by atoms with Gasteiger partial charge in [-0.1, -0.05) is 12.1 Å². The third-order valence-electron chi connectivity index (χ3n) is 4.47. The predicted molar refractivity (Wildman–Crippen MR) is 91.4 cm³/mol. The quantitative estimate of drug-likeness (QED) is 0.944. The summed E-state index contributed by atoms with van der Waals surface area (Å²) >= 11 is 0. The molecule has 1 fully saturated rings. The molecule has 0 saturated carbocycles. The topological polar surface area (TPSA) is 50.2 Å². The molecule has 2 aromatic rings. The highest BCUT2D eigenvalue weighted by atomic mass is 16.2. The predicted octanol–water partition coefficient (Wildman–Crippen LogP) is 2.60. The summed E-state index contributed by atoms with van der Waals surface area (Å²) in [6.45, 7) is 6.05. The number of hydrogen-bond donors (Lipinski definition) is 1. The minimum absolute atomic E-state index is 0.181. The van der Waals surface area contributed by atoms with Gasteiger partial charge in [-0.05, 0) is 44.4 Å². The number of nitrogens with one attached hydrogen (secondary N) is 1. The van der Waals surface area contributed by atoms with Crippen LogP contribution in [0, 0.1) is 13.8 Å². The zero-order valence-corrected chi connectivity index (χ0v) is 13.8. The maximum atomic E-state index is 12.4. The van der Waals surface area contributed by atoms with Gasteiger partial charge in [-0.3, -0.25) is 4.79 Å². The van der Waals surface area contributed by atoms with E-state index < -0.39 is 0 Å². The number of aromatic nitrogens is 2. The molecule has 0 spiro atoms. The van der Waals surface area contributed by atoms with Crippen LogP contribution in [0.4, 0.5) is 5.69 Å². The monoisotopic (exact) mass is 312 g/mol. The zero-order chi connectivity index (χ0) is 16.2. The van der Waals surface area contributed by atoms with Crippen molar-refractivity contribution in [1.29, 1.82) is 0 Å². The number of carbonyl (C=O) groups is 1. The Morgan fingerprint density at radius 2 is 2.09 bits per heavy atom. The number of anilines is 1. The van der Waals surface area contributed by atoms with Gasteiger partial charge >= 0.3 is 0 Å². The average Bonchev–Trinajstić information content (AvgIpc) is 2.93. The van der Waals surface area contributed by atoms with Crippen LogP contribution < -0.4 is 5.32 Å². The Labute approximate surface area is 137 Å². The number of amides is 1. The van der Waals surface area contributed by atoms with Gasteiger partial charge in [-0.15, -0.1) is 0 Å². The van der Waals surface area contributed by atoms with E-state index in [2.05, 4.69) is 41.5 Å². The fraction of sp³-hybridized carbons (Fsp3) is 0.444. The maximum Gasteiger partial charge on any atom is 0.242 e. The van der Waals surface area contributed by atoms with Gasteiger partial charge < -0.3 is 14.8 Å². The Kier molecular flexibility index (Phi) is 4.65. The van der Waals surface area contributed by atoms with Gasteiger partial charge in [0.15, 0.2) is 0 Å². The molecule has 1 N–H and O–H groups in total. The molecule has 1 aromatic carbocycles. The Morgan fingerprint density at radius 3 is 2.74 bits per heavy atom. The van der Waals surface area contributed by atoms with Crippen molar-refractivity contribution in [2.75, 3.05) is 18.4 Å². The highest BCUT2D eigenvalue weighted by molar-refractivity contribution is 5.76. The van der Waals surface area contributed by atoms with E-state index in [4.69, 9.17) is 0 Å². The number of rotatable bonds is 4. The van der Waals surface area contributed by atoms with Gasteiger partial charge in [-0.2, -0.15) is 0 Å². The third kappa shape index (κ3) is 3.92. The fourth-order valence-corrected chi connectivity index (χ4v) is 3.06. The molecule has 1 aromatic heterocycles. The molecule has 3 rings (SSSR count). The number of nitrogens with zero attached hydrogens (tertiary/aromatic N) is 3. The molecule has 0 bridgehead atoms. The van der Waals surface area contributed by atoms with Crippen molar-refractivity contribution in [1.82, 2.24) is 14.5 Å². The lowest BCUT2D eigenvalue weighted by Gasteiger charge is -2.33. The molecule has 1 aliphatic rings. The van der Waals surface area contributed by atoms with Gasteiger partial charge in [0.2, 0.25) is 5.91 Å². The van der Waals surface area contributed by atoms with Crippen LogP contribution in [0.15, 0.2) is 36.7 Å². The van der Waals surface area contributed by atoms with Crippen LogP contribution in [0.2, 0.25) is 0 Å². The van der Waals surface area contributed by atoms with Crippen LogP contribution in [0.1, 0.15) is 24.2 Å². The molecule has 1 aliphatic heterocycles. The molecule has 1 amide bonds. The number of aryl methyl sites for hydroxylation is 2. The van der Waals surface area contributed by atoms with E-state index in [1.165, 1.54) is 11.3 Å². The smallest absolute Gasteiger partial charge is 0.242 e. The van der Waals surface area contributed by atoms with E-state index >= 15 is 0 Å². The van der Waals surface area contributed by atoms with E-state index in [9.17, 15) is 4.79 Å². The van der Waals surface area contributed by atoms with E-state index in [1.54, 1.807) is 6.20 Å². The first kappa shape index (κ1) is 15.6. The van der Waals surface area contributed by atoms with Crippen LogP contribution in [-0.2, 0) is 11.3 Å². The Balaban J connectivity index is 1.50. The highest BCUT2D eigenvalue weighted by Gasteiger charge is 2.23. The van der Waals surface area contributed by atoms with Gasteiger partial charge in [0.25, 0.3) is 0 Å². The number of hydrogen-bond acceptors (Lipinski definition) is 3. The van der Waals surface area contributed by atoms with Crippen LogP contribution in [0.5, 0.6) is 0 Å². The third-order valence-corrected chi connectivity index (χ3v) is 4.47. The lowest BCUT2D eigenvalue weighted by Crippen LogP contribution is -2.43. The summed E-state index contributed by atoms with van der Waals surface area (Å²) in [4.78, 5) is 18.5. The van der Waals surface area contributed by atoms with Gasteiger partial charge in [-0.25, -0.2) is 4.98 Å². The largest absolute Gasteiger partial charge is 0.382 e. The fourth-order valence-electron chi connectivity index (χ4n) is 3.06. The Bertz CT molecular complexity index is 671. The van der Waals surface area contributed by atoms with Crippen LogP contribution in [0.25, 0.3) is 0 Å². The summed E-state index contributed by atoms with van der Waals surface area (Å²) in [5.41, 5.74) is 2.43. The SMILES string of the molecule is Cc1cccc(NC2CCN(C(=O)Cn3ccnc3C)CC2)c1. The van der Waals surface area contributed by atoms with Crippen LogP contribution in [-0.4, -0.2) is 39.5 Å². The van der Waals surface area contributed by atoms with Crippen molar-refractivity contribution in [3.05, 3.63) is 48.0 Å². The van der Waals surface area contributed by atoms with Crippen molar-refractivity contribution in [3.8, 4) is 0 Å². The van der Waals surface area contributed by atoms with E-state index in [0.717, 1.165) is 31.8 Å². The minimum atomic E-state index is 0.181. The second kappa shape index (κ2) is 6.86. The zero-order valence-electron chi connectivity index (χ0n) is 13.8. The molecule has 23 heavy (non-hydrogen) atoms. The highest BCUT2D eigenvalue weighted by Crippen LogP contribution is 2.18. The molecule has 0 radical (unpaired) electrons. The molecule has 2 heterocycles. The summed E-state index contributed by atoms with van der Waals surface area (Å²) in [5.74, 6) is 1.06. The van der Waals surface area contributed by atoms with Gasteiger partial charge in [0.05, 0.1) is 0 Å². The van der Waals surface area contributed by atoms with Crippen molar-refractivity contribution in [3.63, 3.8) is 0 Å². The van der Waals surface area contributed by atoms with Crippen molar-refractivity contribution in [2.24, 2.45) is 0 Å². The molecule has 5 nitrogen and oxygen atoms in total. The summed E-state index contributed by atoms with van der Waals surface area (Å²) in [6.07, 6.45) is 5.57. The van der Waals surface area contributed by atoms with Crippen LogP contribution >= 0.6 is 0 Å². The van der Waals surface area contributed by atoms with E-state index in [1.807, 2.05) is 22.6 Å². The molecule has 5 heteroatoms. The summed E-state index contributed by atoms with van der Waals surface area (Å²) in [6, 6.07) is 8.89. The molecule has 0 aliphatic carbocycles. The summed E-state index contributed by atoms with van der Waals surface area (Å²) in [7, 11) is 0. The van der Waals surface area contributed by atoms with Crippen molar-refractivity contribution >= 4 is 11.6 Å². The Morgan fingerprint density at radius 1 is 1.30 bits per heavy atom. The first-order valence-corrected chi connectivity index (χ1v) is 8.20. The standard InChI is InChI=1S/C18H24N4O/c1-14-4-3-5-17(12-14)20-16-6-9-21(10-7-16)18(23)13-22-11-8-19-15(22)2/h3-5,8,11-12,16,20H,6-7,9-10,13H2,1-2H3. The first-order chi connectivity index (χ1) is 11.1. The Hall–Kier alpha value is -2.30. The lowest BCUT2D eigenvalue weighted by molar-refractivity contribution is -0.132. The normalized spacial score (nSPS) is 15.7. The van der Waals surface area contributed by atoms with Crippen LogP contribution in [0.3, 0.4) is 0 Å². The lowest BCUT2D eigenvalue weighted by atomic mass is 10.0. The second-order valence-electron chi connectivity index (χ2n) is 6.27. The molecular formula is C18H24N4O. The second-order valence-corrected chi connectivity index (χ2v) is 6.27. The van der Waals surface area contributed by atoms with Gasteiger partial charge in [0.1, 0.15) is 12.4 Å². The number of carbonyl (C=O) groups excluding carboxylic acids is 1. The summed E-state index contributed by atoms with van der Waals surface area (Å²) in [5, 5.41) is 3.58. The van der Waals surface area contributed by atoms with E-state index in [-0.39, 0.29) is 5.91 Å². The molecular weight excluding hydrogens is 288 g/mol. The minimum Gasteiger partial charge on any atom is -0.382 e. The molecule has 0 atom stereocenters. The molecule has 1 saturated heterocycles. The first-order valence-electron chi connectivity index (χ1n) is 8.20. The molecule has 122 valence electrons. The van der Waals surface area contributed by atoms with Gasteiger partial charge in [0, 0.05) is 37.2 Å². The number of piperidine rings is 1. The van der Waals surface area contributed by atoms with Crippen molar-refractivity contribution < 1.29 is 4.79 Å². The summed E-state index contributed by atoms with van der Waals surface area (Å²) < 4.78 is 1.90. The van der Waals surface area contributed by atoms with E-state index in [0.29, 0.717) is 12.6 Å².